The zero-order chi connectivity index (χ0) is 7.44. The van der Waals surface area contributed by atoms with E-state index in [1.54, 1.807) is 0 Å². The van der Waals surface area contributed by atoms with Gasteiger partial charge in [0.05, 0.1) is 0 Å². The molecular weight excluding hydrogens is 112 g/mol. The summed E-state index contributed by atoms with van der Waals surface area (Å²) in [6.07, 6.45) is 0. The maximum Gasteiger partial charge on any atom is 0.00483 e. The van der Waals surface area contributed by atoms with Gasteiger partial charge in [0.25, 0.3) is 0 Å². The van der Waals surface area contributed by atoms with E-state index in [-0.39, 0.29) is 0 Å². The van der Waals surface area contributed by atoms with Crippen LogP contribution in [0.3, 0.4) is 0 Å². The summed E-state index contributed by atoms with van der Waals surface area (Å²) in [6.45, 7) is 5.30. The summed E-state index contributed by atoms with van der Waals surface area (Å²) in [5.74, 6) is 0.597. The molecule has 2 nitrogen and oxygen atoms in total. The SMILES string of the molecule is C[C@@H](N)[C@@H](C)CN(C)C. The fourth-order valence-electron chi connectivity index (χ4n) is 0.742. The van der Waals surface area contributed by atoms with E-state index >= 15 is 0 Å². The highest BCUT2D eigenvalue weighted by molar-refractivity contribution is 4.64. The van der Waals surface area contributed by atoms with Crippen molar-refractivity contribution in [3.05, 3.63) is 0 Å². The van der Waals surface area contributed by atoms with Crippen LogP contribution in [-0.4, -0.2) is 31.6 Å². The van der Waals surface area contributed by atoms with Crippen LogP contribution in [0, 0.1) is 5.92 Å². The first-order valence-corrected chi connectivity index (χ1v) is 3.44. The summed E-state index contributed by atoms with van der Waals surface area (Å²) in [5.41, 5.74) is 5.66. The molecule has 0 aromatic rings. The van der Waals surface area contributed by atoms with Crippen LogP contribution in [0.4, 0.5) is 0 Å². The minimum Gasteiger partial charge on any atom is -0.328 e. The van der Waals surface area contributed by atoms with Crippen molar-refractivity contribution in [2.24, 2.45) is 11.7 Å². The molecule has 0 amide bonds. The van der Waals surface area contributed by atoms with Gasteiger partial charge in [-0.25, -0.2) is 0 Å². The van der Waals surface area contributed by atoms with E-state index < -0.39 is 0 Å². The lowest BCUT2D eigenvalue weighted by Gasteiger charge is -2.19. The Morgan fingerprint density at radius 3 is 1.89 bits per heavy atom. The minimum atomic E-state index is 0.312. The number of rotatable bonds is 3. The van der Waals surface area contributed by atoms with Crippen LogP contribution in [0.2, 0.25) is 0 Å². The van der Waals surface area contributed by atoms with Crippen LogP contribution in [0.25, 0.3) is 0 Å². The molecule has 9 heavy (non-hydrogen) atoms. The lowest BCUT2D eigenvalue weighted by atomic mass is 10.1. The lowest BCUT2D eigenvalue weighted by Crippen LogP contribution is -2.32. The van der Waals surface area contributed by atoms with Gasteiger partial charge in [-0.15, -0.1) is 0 Å². The smallest absolute Gasteiger partial charge is 0.00483 e. The van der Waals surface area contributed by atoms with Crippen molar-refractivity contribution in [3.8, 4) is 0 Å². The molecule has 2 atom stereocenters. The number of hydrogen-bond donors (Lipinski definition) is 1. The summed E-state index contributed by atoms with van der Waals surface area (Å²) in [6, 6.07) is 0.312. The average molecular weight is 130 g/mol. The summed E-state index contributed by atoms with van der Waals surface area (Å²) < 4.78 is 0. The van der Waals surface area contributed by atoms with Crippen molar-refractivity contribution >= 4 is 0 Å². The first-order valence-electron chi connectivity index (χ1n) is 3.44. The topological polar surface area (TPSA) is 29.3 Å². The van der Waals surface area contributed by atoms with E-state index in [0.29, 0.717) is 12.0 Å². The highest BCUT2D eigenvalue weighted by atomic mass is 15.1. The minimum absolute atomic E-state index is 0.312. The van der Waals surface area contributed by atoms with E-state index in [4.69, 9.17) is 5.73 Å². The van der Waals surface area contributed by atoms with Gasteiger partial charge >= 0.3 is 0 Å². The van der Waals surface area contributed by atoms with Gasteiger partial charge in [-0.1, -0.05) is 6.92 Å². The predicted molar refractivity (Wildman–Crippen MR) is 41.4 cm³/mol. The van der Waals surface area contributed by atoms with Crippen molar-refractivity contribution in [1.82, 2.24) is 4.90 Å². The predicted octanol–water partition coefficient (Wildman–Crippen LogP) is 0.531. The quantitative estimate of drug-likeness (QED) is 0.604. The number of nitrogens with zero attached hydrogens (tertiary/aromatic N) is 1. The Bertz CT molecular complexity index is 69.3. The molecule has 2 N–H and O–H groups in total. The van der Waals surface area contributed by atoms with Crippen LogP contribution in [0.1, 0.15) is 13.8 Å². The molecule has 2 heteroatoms. The Labute approximate surface area is 58.0 Å². The molecule has 0 aromatic heterocycles. The second-order valence-electron chi connectivity index (χ2n) is 3.10. The summed E-state index contributed by atoms with van der Waals surface area (Å²) in [7, 11) is 4.14. The van der Waals surface area contributed by atoms with Crippen molar-refractivity contribution in [3.63, 3.8) is 0 Å². The van der Waals surface area contributed by atoms with Gasteiger partial charge in [0, 0.05) is 12.6 Å². The summed E-state index contributed by atoms with van der Waals surface area (Å²) >= 11 is 0. The van der Waals surface area contributed by atoms with Gasteiger partial charge in [-0.3, -0.25) is 0 Å². The van der Waals surface area contributed by atoms with E-state index in [1.807, 2.05) is 6.92 Å². The Morgan fingerprint density at radius 1 is 1.33 bits per heavy atom. The Balaban J connectivity index is 3.38. The molecular formula is C7H18N2. The molecule has 0 aromatic carbocycles. The van der Waals surface area contributed by atoms with Crippen LogP contribution in [-0.2, 0) is 0 Å². The maximum atomic E-state index is 5.66. The maximum absolute atomic E-state index is 5.66. The zero-order valence-corrected chi connectivity index (χ0v) is 6.89. The summed E-state index contributed by atoms with van der Waals surface area (Å²) in [5, 5.41) is 0. The van der Waals surface area contributed by atoms with Gasteiger partial charge in [0.1, 0.15) is 0 Å². The second-order valence-corrected chi connectivity index (χ2v) is 3.10. The molecule has 0 radical (unpaired) electrons. The molecule has 0 saturated heterocycles. The van der Waals surface area contributed by atoms with Crippen LogP contribution < -0.4 is 5.73 Å². The third kappa shape index (κ3) is 4.43. The monoisotopic (exact) mass is 130 g/mol. The standard InChI is InChI=1S/C7H18N2/c1-6(7(2)8)5-9(3)4/h6-7H,5,8H2,1-4H3/t6-,7+/m0/s1. The van der Waals surface area contributed by atoms with E-state index in [0.717, 1.165) is 6.54 Å². The third-order valence-corrected chi connectivity index (χ3v) is 1.55. The van der Waals surface area contributed by atoms with E-state index in [2.05, 4.69) is 25.9 Å². The largest absolute Gasteiger partial charge is 0.328 e. The van der Waals surface area contributed by atoms with Gasteiger partial charge in [0.2, 0.25) is 0 Å². The van der Waals surface area contributed by atoms with E-state index in [1.165, 1.54) is 0 Å². The number of hydrogen-bond acceptors (Lipinski definition) is 2. The Kier molecular flexibility index (Phi) is 3.82. The molecule has 0 bridgehead atoms. The van der Waals surface area contributed by atoms with Crippen LogP contribution in [0.5, 0.6) is 0 Å². The van der Waals surface area contributed by atoms with Gasteiger partial charge in [-0.2, -0.15) is 0 Å². The third-order valence-electron chi connectivity index (χ3n) is 1.55. The highest BCUT2D eigenvalue weighted by Gasteiger charge is 2.06. The fraction of sp³-hybridized carbons (Fsp3) is 1.00. The average Bonchev–Trinajstić information content (AvgIpc) is 1.63. The first-order chi connectivity index (χ1) is 4.04. The Hall–Kier alpha value is -0.0800. The molecule has 0 unspecified atom stereocenters. The molecule has 0 spiro atoms. The van der Waals surface area contributed by atoms with Gasteiger partial charge in [0.15, 0.2) is 0 Å². The van der Waals surface area contributed by atoms with Crippen molar-refractivity contribution in [1.29, 1.82) is 0 Å². The van der Waals surface area contributed by atoms with Crippen molar-refractivity contribution in [2.45, 2.75) is 19.9 Å². The molecule has 0 heterocycles. The van der Waals surface area contributed by atoms with Crippen molar-refractivity contribution < 1.29 is 0 Å². The van der Waals surface area contributed by atoms with Gasteiger partial charge < -0.3 is 10.6 Å². The summed E-state index contributed by atoms with van der Waals surface area (Å²) in [4.78, 5) is 2.16. The van der Waals surface area contributed by atoms with Crippen LogP contribution >= 0.6 is 0 Å². The molecule has 0 aliphatic rings. The Morgan fingerprint density at radius 2 is 1.78 bits per heavy atom. The molecule has 0 fully saturated rings. The lowest BCUT2D eigenvalue weighted by molar-refractivity contribution is 0.313. The molecule has 0 saturated carbocycles. The molecule has 56 valence electrons. The molecule has 0 rings (SSSR count). The molecule has 0 aliphatic carbocycles. The first kappa shape index (κ1) is 8.92. The van der Waals surface area contributed by atoms with Crippen LogP contribution in [0.15, 0.2) is 0 Å². The van der Waals surface area contributed by atoms with Crippen molar-refractivity contribution in [2.75, 3.05) is 20.6 Å². The highest BCUT2D eigenvalue weighted by Crippen LogP contribution is 1.99. The fourth-order valence-corrected chi connectivity index (χ4v) is 0.742. The normalized spacial score (nSPS) is 18.0. The number of nitrogens with two attached hydrogens (primary N) is 1. The van der Waals surface area contributed by atoms with E-state index in [9.17, 15) is 0 Å². The zero-order valence-electron chi connectivity index (χ0n) is 6.89. The second kappa shape index (κ2) is 3.85. The molecule has 0 aliphatic heterocycles. The van der Waals surface area contributed by atoms with Gasteiger partial charge in [-0.05, 0) is 26.9 Å².